The van der Waals surface area contributed by atoms with Gasteiger partial charge < -0.3 is 14.7 Å². The van der Waals surface area contributed by atoms with Gasteiger partial charge in [-0.1, -0.05) is 5.92 Å². The molecule has 1 aliphatic rings. The molecule has 1 rings (SSSR count). The Kier molecular flexibility index (Phi) is 7.17. The van der Waals surface area contributed by atoms with E-state index >= 15 is 0 Å². The number of hydrogen-bond donors (Lipinski definition) is 1. The van der Waals surface area contributed by atoms with Crippen molar-refractivity contribution in [2.24, 2.45) is 0 Å². The van der Waals surface area contributed by atoms with Gasteiger partial charge in [0, 0.05) is 12.3 Å². The van der Waals surface area contributed by atoms with Crippen LogP contribution >= 0.6 is 11.6 Å². The van der Waals surface area contributed by atoms with Gasteiger partial charge in [0.25, 0.3) is 0 Å². The molecule has 5 heteroatoms. The minimum absolute atomic E-state index is 0.212. The van der Waals surface area contributed by atoms with Crippen LogP contribution in [0.1, 0.15) is 54.4 Å². The van der Waals surface area contributed by atoms with Crippen molar-refractivity contribution in [1.29, 1.82) is 0 Å². The zero-order chi connectivity index (χ0) is 17.0. The number of rotatable bonds is 4. The lowest BCUT2D eigenvalue weighted by molar-refractivity contribution is -0.148. The Balaban J connectivity index is 2.88. The van der Waals surface area contributed by atoms with Crippen LogP contribution in [0.15, 0.2) is 0 Å². The molecule has 1 aliphatic heterocycles. The van der Waals surface area contributed by atoms with Crippen LogP contribution in [0.5, 0.6) is 0 Å². The van der Waals surface area contributed by atoms with Crippen LogP contribution in [0.3, 0.4) is 0 Å². The van der Waals surface area contributed by atoms with E-state index in [0.29, 0.717) is 12.4 Å². The molecule has 0 aliphatic carbocycles. The molecule has 0 amide bonds. The lowest BCUT2D eigenvalue weighted by Gasteiger charge is -2.33. The lowest BCUT2D eigenvalue weighted by atomic mass is 10.1. The second kappa shape index (κ2) is 7.99. The van der Waals surface area contributed by atoms with E-state index in [-0.39, 0.29) is 29.5 Å². The first-order valence-corrected chi connectivity index (χ1v) is 8.42. The maximum atomic E-state index is 10.2. The highest BCUT2D eigenvalue weighted by Gasteiger charge is 2.45. The zero-order valence-electron chi connectivity index (χ0n) is 14.6. The van der Waals surface area contributed by atoms with E-state index < -0.39 is 0 Å². The van der Waals surface area contributed by atoms with Crippen molar-refractivity contribution in [2.75, 3.05) is 12.4 Å². The fraction of sp³-hybridized carbons (Fsp3) is 0.882. The van der Waals surface area contributed by atoms with Crippen LogP contribution in [0, 0.1) is 11.8 Å². The number of nitrogens with zero attached hydrogens (tertiary/aromatic N) is 1. The van der Waals surface area contributed by atoms with Crippen LogP contribution in [0.4, 0.5) is 0 Å². The molecule has 0 spiro atoms. The summed E-state index contributed by atoms with van der Waals surface area (Å²) in [5.74, 6) is 6.80. The summed E-state index contributed by atoms with van der Waals surface area (Å²) < 4.78 is 12.2. The van der Waals surface area contributed by atoms with Crippen LogP contribution < -0.4 is 0 Å². The van der Waals surface area contributed by atoms with Gasteiger partial charge in [-0.2, -0.15) is 5.06 Å². The molecule has 0 aromatic rings. The van der Waals surface area contributed by atoms with Gasteiger partial charge in [-0.3, -0.25) is 0 Å². The molecule has 1 saturated heterocycles. The topological polar surface area (TPSA) is 41.9 Å². The Morgan fingerprint density at radius 3 is 2.23 bits per heavy atom. The minimum Gasteiger partial charge on any atom is -0.368 e. The summed E-state index contributed by atoms with van der Waals surface area (Å²) in [6, 6.07) is -0.373. The van der Waals surface area contributed by atoms with Crippen molar-refractivity contribution in [3.63, 3.8) is 0 Å². The Hall–Kier alpha value is -0.310. The molecule has 0 bridgehead atoms. The number of halogens is 1. The Labute approximate surface area is 140 Å². The largest absolute Gasteiger partial charge is 0.368 e. The molecule has 0 unspecified atom stereocenters. The average molecular weight is 332 g/mol. The molecular weight excluding hydrogens is 302 g/mol. The van der Waals surface area contributed by atoms with Crippen LogP contribution in [-0.4, -0.2) is 52.1 Å². The summed E-state index contributed by atoms with van der Waals surface area (Å²) in [7, 11) is 0. The van der Waals surface area contributed by atoms with E-state index in [1.807, 2.05) is 41.5 Å². The third-order valence-electron chi connectivity index (χ3n) is 3.05. The van der Waals surface area contributed by atoms with E-state index in [4.69, 9.17) is 21.1 Å². The van der Waals surface area contributed by atoms with Crippen LogP contribution in [-0.2, 0) is 9.47 Å². The van der Waals surface area contributed by atoms with Crippen molar-refractivity contribution in [1.82, 2.24) is 5.06 Å². The molecule has 3 atom stereocenters. The van der Waals surface area contributed by atoms with Gasteiger partial charge in [-0.05, 0) is 48.0 Å². The first-order chi connectivity index (χ1) is 10.0. The summed E-state index contributed by atoms with van der Waals surface area (Å²) >= 11 is 5.66. The van der Waals surface area contributed by atoms with Gasteiger partial charge in [0.2, 0.25) is 0 Å². The lowest BCUT2D eigenvalue weighted by Crippen LogP contribution is -2.43. The SMILES string of the molecule is CC(C)(C)O[C@@H]1[C@@H](OC(C)(C)C)CN(O)[C@H]1C#CCCCCl. The number of hydrogen-bond acceptors (Lipinski definition) is 4. The third kappa shape index (κ3) is 6.85. The van der Waals surface area contributed by atoms with Gasteiger partial charge in [-0.15, -0.1) is 17.5 Å². The van der Waals surface area contributed by atoms with Crippen molar-refractivity contribution in [3.8, 4) is 11.8 Å². The standard InChI is InChI=1S/C17H30ClNO3/c1-16(2,3)21-14-12-19(20)13(10-8-7-9-11-18)15(14)22-17(4,5)6/h13-15,20H,7,9,11-12H2,1-6H3/t13-,14-,15-/m0/s1. The maximum absolute atomic E-state index is 10.2. The molecule has 0 aromatic carbocycles. The van der Waals surface area contributed by atoms with Crippen molar-refractivity contribution in [2.45, 2.75) is 83.8 Å². The average Bonchev–Trinajstić information content (AvgIpc) is 2.58. The van der Waals surface area contributed by atoms with Crippen LogP contribution in [0.25, 0.3) is 0 Å². The smallest absolute Gasteiger partial charge is 0.124 e. The minimum atomic E-state index is -0.373. The summed E-state index contributed by atoms with van der Waals surface area (Å²) in [6.07, 6.45) is 1.07. The van der Waals surface area contributed by atoms with E-state index in [9.17, 15) is 5.21 Å². The quantitative estimate of drug-likeness (QED) is 0.487. The highest BCUT2D eigenvalue weighted by Crippen LogP contribution is 2.29. The fourth-order valence-corrected chi connectivity index (χ4v) is 2.50. The first kappa shape index (κ1) is 19.7. The highest BCUT2D eigenvalue weighted by atomic mass is 35.5. The molecule has 0 aromatic heterocycles. The Morgan fingerprint density at radius 2 is 1.73 bits per heavy atom. The summed E-state index contributed by atoms with van der Waals surface area (Å²) in [5.41, 5.74) is -0.628. The van der Waals surface area contributed by atoms with E-state index in [1.165, 1.54) is 5.06 Å². The van der Waals surface area contributed by atoms with Crippen molar-refractivity contribution in [3.05, 3.63) is 0 Å². The molecular formula is C17H30ClNO3. The molecule has 0 saturated carbocycles. The van der Waals surface area contributed by atoms with E-state index in [2.05, 4.69) is 11.8 Å². The first-order valence-electron chi connectivity index (χ1n) is 7.89. The summed E-state index contributed by atoms with van der Waals surface area (Å²) in [5, 5.41) is 11.5. The Bertz CT molecular complexity index is 403. The molecule has 128 valence electrons. The highest BCUT2D eigenvalue weighted by molar-refractivity contribution is 6.17. The zero-order valence-corrected chi connectivity index (χ0v) is 15.4. The number of ether oxygens (including phenoxy) is 2. The number of hydroxylamine groups is 2. The van der Waals surface area contributed by atoms with E-state index in [1.54, 1.807) is 0 Å². The maximum Gasteiger partial charge on any atom is 0.124 e. The third-order valence-corrected chi connectivity index (χ3v) is 3.31. The van der Waals surface area contributed by atoms with Crippen molar-refractivity contribution < 1.29 is 14.7 Å². The molecule has 1 fully saturated rings. The van der Waals surface area contributed by atoms with Gasteiger partial charge >= 0.3 is 0 Å². The predicted molar refractivity (Wildman–Crippen MR) is 89.3 cm³/mol. The number of alkyl halides is 1. The van der Waals surface area contributed by atoms with E-state index in [0.717, 1.165) is 12.8 Å². The molecule has 22 heavy (non-hydrogen) atoms. The molecule has 1 heterocycles. The van der Waals surface area contributed by atoms with Crippen molar-refractivity contribution >= 4 is 11.6 Å². The second-order valence-electron chi connectivity index (χ2n) is 7.64. The summed E-state index contributed by atoms with van der Waals surface area (Å²) in [4.78, 5) is 0. The number of unbranched alkanes of at least 4 members (excludes halogenated alkanes) is 1. The van der Waals surface area contributed by atoms with Gasteiger partial charge in [-0.25, -0.2) is 0 Å². The normalized spacial score (nSPS) is 26.8. The molecule has 0 radical (unpaired) electrons. The monoisotopic (exact) mass is 331 g/mol. The summed E-state index contributed by atoms with van der Waals surface area (Å²) in [6.45, 7) is 12.4. The van der Waals surface area contributed by atoms with Gasteiger partial charge in [0.05, 0.1) is 17.7 Å². The molecule has 1 N–H and O–H groups in total. The van der Waals surface area contributed by atoms with Crippen LogP contribution in [0.2, 0.25) is 0 Å². The fourth-order valence-electron chi connectivity index (χ4n) is 2.37. The Morgan fingerprint density at radius 1 is 1.14 bits per heavy atom. The molecule has 4 nitrogen and oxygen atoms in total. The van der Waals surface area contributed by atoms with Gasteiger partial charge in [0.15, 0.2) is 0 Å². The predicted octanol–water partition coefficient (Wildman–Crippen LogP) is 3.45. The second-order valence-corrected chi connectivity index (χ2v) is 8.02. The van der Waals surface area contributed by atoms with Gasteiger partial charge in [0.1, 0.15) is 18.2 Å².